The third-order valence-corrected chi connectivity index (χ3v) is 4.00. The van der Waals surface area contributed by atoms with Gasteiger partial charge in [-0.05, 0) is 48.4 Å². The van der Waals surface area contributed by atoms with Crippen LogP contribution in [0.1, 0.15) is 23.0 Å². The first kappa shape index (κ1) is 17.5. The van der Waals surface area contributed by atoms with Gasteiger partial charge < -0.3 is 15.4 Å². The molecule has 3 rings (SSSR count). The Balaban J connectivity index is 1.67. The van der Waals surface area contributed by atoms with Gasteiger partial charge in [-0.3, -0.25) is 4.79 Å². The van der Waals surface area contributed by atoms with Crippen molar-refractivity contribution in [1.29, 1.82) is 0 Å². The second-order valence-corrected chi connectivity index (χ2v) is 5.76. The number of benzene rings is 2. The SMILES string of the molecule is CCc1ccc(Nc2ccc(C(=O)Nc3ccccc3OC)nc2)cc1. The molecule has 1 amide bonds. The van der Waals surface area contributed by atoms with Crippen LogP contribution in [0.3, 0.4) is 0 Å². The summed E-state index contributed by atoms with van der Waals surface area (Å²) in [4.78, 5) is 16.6. The molecule has 0 saturated carbocycles. The standard InChI is InChI=1S/C21H21N3O2/c1-3-15-8-10-16(11-9-15)23-17-12-13-19(22-14-17)21(25)24-18-6-4-5-7-20(18)26-2/h4-14,23H,3H2,1-2H3,(H,24,25). The molecule has 0 aliphatic heterocycles. The van der Waals surface area contributed by atoms with E-state index in [9.17, 15) is 4.79 Å². The van der Waals surface area contributed by atoms with E-state index in [4.69, 9.17) is 4.74 Å². The molecule has 1 heterocycles. The van der Waals surface area contributed by atoms with Gasteiger partial charge in [-0.15, -0.1) is 0 Å². The van der Waals surface area contributed by atoms with Crippen LogP contribution in [-0.2, 0) is 6.42 Å². The summed E-state index contributed by atoms with van der Waals surface area (Å²) in [5, 5.41) is 6.09. The summed E-state index contributed by atoms with van der Waals surface area (Å²) in [6, 6.07) is 19.0. The number of aryl methyl sites for hydroxylation is 1. The molecule has 0 aliphatic carbocycles. The van der Waals surface area contributed by atoms with Crippen molar-refractivity contribution in [2.75, 3.05) is 17.7 Å². The maximum atomic E-state index is 12.4. The van der Waals surface area contributed by atoms with Crippen LogP contribution in [0.25, 0.3) is 0 Å². The number of carbonyl (C=O) groups is 1. The number of nitrogens with zero attached hydrogens (tertiary/aromatic N) is 1. The van der Waals surface area contributed by atoms with Crippen LogP contribution >= 0.6 is 0 Å². The summed E-state index contributed by atoms with van der Waals surface area (Å²) in [5.74, 6) is 0.322. The van der Waals surface area contributed by atoms with Crippen LogP contribution in [0, 0.1) is 0 Å². The summed E-state index contributed by atoms with van der Waals surface area (Å²) in [6.07, 6.45) is 2.66. The molecular formula is C21H21N3O2. The molecule has 2 N–H and O–H groups in total. The maximum Gasteiger partial charge on any atom is 0.274 e. The van der Waals surface area contributed by atoms with Crippen molar-refractivity contribution in [2.24, 2.45) is 0 Å². The Kier molecular flexibility index (Phi) is 5.49. The Morgan fingerprint density at radius 1 is 1.00 bits per heavy atom. The molecule has 132 valence electrons. The number of hydrogen-bond acceptors (Lipinski definition) is 4. The highest BCUT2D eigenvalue weighted by Gasteiger charge is 2.10. The number of pyridine rings is 1. The molecule has 0 unspecified atom stereocenters. The van der Waals surface area contributed by atoms with Crippen LogP contribution in [0.4, 0.5) is 17.1 Å². The smallest absolute Gasteiger partial charge is 0.274 e. The Morgan fingerprint density at radius 2 is 1.73 bits per heavy atom. The van der Waals surface area contributed by atoms with Crippen LogP contribution in [-0.4, -0.2) is 18.0 Å². The number of rotatable bonds is 6. The number of nitrogens with one attached hydrogen (secondary N) is 2. The first-order valence-corrected chi connectivity index (χ1v) is 8.46. The minimum atomic E-state index is -0.284. The van der Waals surface area contributed by atoms with Gasteiger partial charge in [-0.1, -0.05) is 31.2 Å². The average Bonchev–Trinajstić information content (AvgIpc) is 2.69. The molecule has 5 nitrogen and oxygen atoms in total. The van der Waals surface area contributed by atoms with Crippen molar-refractivity contribution in [1.82, 2.24) is 4.98 Å². The van der Waals surface area contributed by atoms with Crippen LogP contribution < -0.4 is 15.4 Å². The summed E-state index contributed by atoms with van der Waals surface area (Å²) in [6.45, 7) is 2.13. The number of aromatic nitrogens is 1. The van der Waals surface area contributed by atoms with Gasteiger partial charge >= 0.3 is 0 Å². The molecule has 0 aliphatic rings. The number of amides is 1. The van der Waals surface area contributed by atoms with Crippen molar-refractivity contribution >= 4 is 23.0 Å². The number of para-hydroxylation sites is 2. The van der Waals surface area contributed by atoms with E-state index in [-0.39, 0.29) is 5.91 Å². The second kappa shape index (κ2) is 8.16. The molecular weight excluding hydrogens is 326 g/mol. The van der Waals surface area contributed by atoms with Crippen molar-refractivity contribution in [3.05, 3.63) is 78.1 Å². The first-order valence-electron chi connectivity index (χ1n) is 8.46. The van der Waals surface area contributed by atoms with E-state index in [1.54, 1.807) is 31.5 Å². The largest absolute Gasteiger partial charge is 0.495 e. The predicted octanol–water partition coefficient (Wildman–Crippen LogP) is 4.65. The minimum absolute atomic E-state index is 0.284. The van der Waals surface area contributed by atoms with E-state index in [2.05, 4.69) is 34.7 Å². The van der Waals surface area contributed by atoms with Crippen LogP contribution in [0.2, 0.25) is 0 Å². The summed E-state index contributed by atoms with van der Waals surface area (Å²) >= 11 is 0. The second-order valence-electron chi connectivity index (χ2n) is 5.76. The lowest BCUT2D eigenvalue weighted by molar-refractivity contribution is 0.102. The monoisotopic (exact) mass is 347 g/mol. The molecule has 1 aromatic heterocycles. The van der Waals surface area contributed by atoms with Gasteiger partial charge in [-0.25, -0.2) is 4.98 Å². The summed E-state index contributed by atoms with van der Waals surface area (Å²) in [5.41, 5.74) is 4.04. The fourth-order valence-corrected chi connectivity index (χ4v) is 2.53. The molecule has 0 spiro atoms. The van der Waals surface area contributed by atoms with E-state index in [0.29, 0.717) is 17.1 Å². The van der Waals surface area contributed by atoms with Crippen molar-refractivity contribution in [2.45, 2.75) is 13.3 Å². The topological polar surface area (TPSA) is 63.2 Å². The zero-order valence-corrected chi connectivity index (χ0v) is 14.8. The highest BCUT2D eigenvalue weighted by atomic mass is 16.5. The van der Waals surface area contributed by atoms with Gasteiger partial charge in [0, 0.05) is 5.69 Å². The fourth-order valence-electron chi connectivity index (χ4n) is 2.53. The van der Waals surface area contributed by atoms with Gasteiger partial charge in [-0.2, -0.15) is 0 Å². The first-order chi connectivity index (χ1) is 12.7. The molecule has 0 fully saturated rings. The normalized spacial score (nSPS) is 10.2. The van der Waals surface area contributed by atoms with E-state index in [1.165, 1.54) is 5.56 Å². The van der Waals surface area contributed by atoms with Gasteiger partial charge in [0.2, 0.25) is 0 Å². The molecule has 0 atom stereocenters. The Labute approximate surface area is 153 Å². The number of carbonyl (C=O) groups excluding carboxylic acids is 1. The van der Waals surface area contributed by atoms with Crippen molar-refractivity contribution in [3.63, 3.8) is 0 Å². The van der Waals surface area contributed by atoms with Gasteiger partial charge in [0.1, 0.15) is 11.4 Å². The zero-order chi connectivity index (χ0) is 18.4. The van der Waals surface area contributed by atoms with Crippen LogP contribution in [0.5, 0.6) is 5.75 Å². The van der Waals surface area contributed by atoms with E-state index < -0.39 is 0 Å². The highest BCUT2D eigenvalue weighted by molar-refractivity contribution is 6.03. The molecule has 3 aromatic rings. The number of methoxy groups -OCH3 is 1. The van der Waals surface area contributed by atoms with Gasteiger partial charge in [0.05, 0.1) is 24.7 Å². The number of anilines is 3. The Bertz CT molecular complexity index is 875. The molecule has 0 radical (unpaired) electrons. The predicted molar refractivity (Wildman–Crippen MR) is 104 cm³/mol. The van der Waals surface area contributed by atoms with E-state index in [0.717, 1.165) is 17.8 Å². The quantitative estimate of drug-likeness (QED) is 0.681. The van der Waals surface area contributed by atoms with Crippen molar-refractivity contribution in [3.8, 4) is 5.75 Å². The lowest BCUT2D eigenvalue weighted by Gasteiger charge is -2.10. The Hall–Kier alpha value is -3.34. The lowest BCUT2D eigenvalue weighted by Crippen LogP contribution is -2.14. The molecule has 26 heavy (non-hydrogen) atoms. The number of hydrogen-bond donors (Lipinski definition) is 2. The Morgan fingerprint density at radius 3 is 2.38 bits per heavy atom. The van der Waals surface area contributed by atoms with E-state index >= 15 is 0 Å². The maximum absolute atomic E-state index is 12.4. The van der Waals surface area contributed by atoms with Crippen molar-refractivity contribution < 1.29 is 9.53 Å². The third-order valence-electron chi connectivity index (χ3n) is 4.00. The lowest BCUT2D eigenvalue weighted by atomic mass is 10.1. The van der Waals surface area contributed by atoms with Crippen LogP contribution in [0.15, 0.2) is 66.9 Å². The molecule has 2 aromatic carbocycles. The van der Waals surface area contributed by atoms with Gasteiger partial charge in [0.15, 0.2) is 0 Å². The molecule has 0 saturated heterocycles. The average molecular weight is 347 g/mol. The number of ether oxygens (including phenoxy) is 1. The summed E-state index contributed by atoms with van der Waals surface area (Å²) in [7, 11) is 1.57. The minimum Gasteiger partial charge on any atom is -0.495 e. The molecule has 0 bridgehead atoms. The third kappa shape index (κ3) is 4.19. The highest BCUT2D eigenvalue weighted by Crippen LogP contribution is 2.23. The molecule has 5 heteroatoms. The van der Waals surface area contributed by atoms with Gasteiger partial charge in [0.25, 0.3) is 5.91 Å². The zero-order valence-electron chi connectivity index (χ0n) is 14.8. The summed E-state index contributed by atoms with van der Waals surface area (Å²) < 4.78 is 5.24. The van der Waals surface area contributed by atoms with E-state index in [1.807, 2.05) is 30.3 Å². The fraction of sp³-hybridized carbons (Fsp3) is 0.143.